The minimum absolute atomic E-state index is 0.0362. The highest BCUT2D eigenvalue weighted by Crippen LogP contribution is 2.29. The number of nitrogens with one attached hydrogen (secondary N) is 2. The lowest BCUT2D eigenvalue weighted by Gasteiger charge is -2.12. The highest BCUT2D eigenvalue weighted by Gasteiger charge is 2.17. The maximum atomic E-state index is 12.7. The van der Waals surface area contributed by atoms with E-state index in [0.717, 1.165) is 16.9 Å². The Morgan fingerprint density at radius 3 is 2.37 bits per heavy atom. The van der Waals surface area contributed by atoms with Crippen LogP contribution in [0.5, 0.6) is 0 Å². The Bertz CT molecular complexity index is 1130. The third kappa shape index (κ3) is 5.04. The molecule has 1 aromatic heterocycles. The van der Waals surface area contributed by atoms with Crippen LogP contribution in [0.15, 0.2) is 66.9 Å². The van der Waals surface area contributed by atoms with Crippen LogP contribution in [-0.4, -0.2) is 31.6 Å². The van der Waals surface area contributed by atoms with Gasteiger partial charge in [0.2, 0.25) is 0 Å². The second-order valence-electron chi connectivity index (χ2n) is 7.23. The molecule has 0 spiro atoms. The average Bonchev–Trinajstić information content (AvgIpc) is 2.74. The molecule has 6 nitrogen and oxygen atoms in total. The summed E-state index contributed by atoms with van der Waals surface area (Å²) >= 11 is 0. The molecule has 0 aliphatic carbocycles. The summed E-state index contributed by atoms with van der Waals surface area (Å²) in [6, 6.07) is 17.9. The van der Waals surface area contributed by atoms with Gasteiger partial charge in [0.1, 0.15) is 0 Å². The maximum absolute atomic E-state index is 12.7. The number of anilines is 2. The molecule has 0 aliphatic heterocycles. The van der Waals surface area contributed by atoms with Crippen LogP contribution in [0.25, 0.3) is 11.3 Å². The monoisotopic (exact) mass is 423 g/mol. The molecule has 0 fully saturated rings. The summed E-state index contributed by atoms with van der Waals surface area (Å²) in [7, 11) is -1.35. The standard InChI is InChI=1S/C23H25N3O3S/c1-16(2)30(28,29)15-17-7-9-18(10-8-17)23(27)26-19-11-12-21(24-3)20(14-19)22-6-4-5-13-25-22/h4-14,16,24H,15H2,1-3H3,(H,26,27). The summed E-state index contributed by atoms with van der Waals surface area (Å²) < 4.78 is 24.1. The molecule has 0 saturated carbocycles. The molecule has 3 aromatic rings. The van der Waals surface area contributed by atoms with Gasteiger partial charge in [-0.2, -0.15) is 0 Å². The van der Waals surface area contributed by atoms with E-state index in [2.05, 4.69) is 15.6 Å². The van der Waals surface area contributed by atoms with Crippen molar-refractivity contribution in [3.63, 3.8) is 0 Å². The summed E-state index contributed by atoms with van der Waals surface area (Å²) in [6.45, 7) is 3.32. The normalized spacial score (nSPS) is 11.3. The zero-order valence-corrected chi connectivity index (χ0v) is 18.0. The van der Waals surface area contributed by atoms with Gasteiger partial charge in [0.05, 0.1) is 16.7 Å². The Morgan fingerprint density at radius 1 is 1.03 bits per heavy atom. The molecule has 0 radical (unpaired) electrons. The molecule has 1 heterocycles. The minimum Gasteiger partial charge on any atom is -0.388 e. The van der Waals surface area contributed by atoms with Crippen LogP contribution in [0.4, 0.5) is 11.4 Å². The van der Waals surface area contributed by atoms with Crippen LogP contribution in [0.2, 0.25) is 0 Å². The van der Waals surface area contributed by atoms with Gasteiger partial charge in [0.15, 0.2) is 9.84 Å². The highest BCUT2D eigenvalue weighted by atomic mass is 32.2. The number of pyridine rings is 1. The van der Waals surface area contributed by atoms with Gasteiger partial charge in [-0.1, -0.05) is 18.2 Å². The first-order valence-electron chi connectivity index (χ1n) is 9.65. The van der Waals surface area contributed by atoms with Gasteiger partial charge in [0.25, 0.3) is 5.91 Å². The maximum Gasteiger partial charge on any atom is 0.255 e. The van der Waals surface area contributed by atoms with Crippen LogP contribution < -0.4 is 10.6 Å². The topological polar surface area (TPSA) is 88.2 Å². The predicted molar refractivity (Wildman–Crippen MR) is 121 cm³/mol. The van der Waals surface area contributed by atoms with Crippen molar-refractivity contribution in [1.29, 1.82) is 0 Å². The molecule has 156 valence electrons. The fourth-order valence-electron chi connectivity index (χ4n) is 2.93. The van der Waals surface area contributed by atoms with Gasteiger partial charge >= 0.3 is 0 Å². The summed E-state index contributed by atoms with van der Waals surface area (Å²) in [5.74, 6) is -0.302. The lowest BCUT2D eigenvalue weighted by molar-refractivity contribution is 0.102. The Labute approximate surface area is 177 Å². The number of aromatic nitrogens is 1. The van der Waals surface area contributed by atoms with E-state index in [1.54, 1.807) is 44.3 Å². The molecule has 0 atom stereocenters. The fourth-order valence-corrected chi connectivity index (χ4v) is 3.92. The molecule has 2 N–H and O–H groups in total. The summed E-state index contributed by atoms with van der Waals surface area (Å²) in [4.78, 5) is 17.0. The van der Waals surface area contributed by atoms with Gasteiger partial charge in [0, 0.05) is 35.7 Å². The Balaban J connectivity index is 1.78. The molecule has 0 saturated heterocycles. The quantitative estimate of drug-likeness (QED) is 0.589. The van der Waals surface area contributed by atoms with Crippen molar-refractivity contribution in [2.45, 2.75) is 24.9 Å². The average molecular weight is 424 g/mol. The van der Waals surface area contributed by atoms with Crippen molar-refractivity contribution in [3.8, 4) is 11.3 Å². The van der Waals surface area contributed by atoms with Crippen molar-refractivity contribution < 1.29 is 13.2 Å². The van der Waals surface area contributed by atoms with E-state index in [1.165, 1.54) is 0 Å². The molecular weight excluding hydrogens is 398 g/mol. The lowest BCUT2D eigenvalue weighted by Crippen LogP contribution is -2.16. The molecule has 7 heteroatoms. The Kier molecular flexibility index (Phi) is 6.52. The number of sulfone groups is 1. The first-order valence-corrected chi connectivity index (χ1v) is 11.4. The number of hydrogen-bond donors (Lipinski definition) is 2. The number of benzene rings is 2. The molecule has 0 unspecified atom stereocenters. The molecule has 3 rings (SSSR count). The van der Waals surface area contributed by atoms with Crippen molar-refractivity contribution in [1.82, 2.24) is 4.98 Å². The number of nitrogens with zero attached hydrogens (tertiary/aromatic N) is 1. The summed E-state index contributed by atoms with van der Waals surface area (Å²) in [6.07, 6.45) is 1.72. The van der Waals surface area contributed by atoms with Crippen LogP contribution in [0.1, 0.15) is 29.8 Å². The molecule has 0 bridgehead atoms. The van der Waals surface area contributed by atoms with E-state index in [4.69, 9.17) is 0 Å². The first kappa shape index (κ1) is 21.5. The van der Waals surface area contributed by atoms with Gasteiger partial charge in [-0.3, -0.25) is 9.78 Å². The molecule has 30 heavy (non-hydrogen) atoms. The van der Waals surface area contributed by atoms with E-state index >= 15 is 0 Å². The van der Waals surface area contributed by atoms with Gasteiger partial charge in [-0.05, 0) is 61.9 Å². The fraction of sp³-hybridized carbons (Fsp3) is 0.217. The molecule has 0 aliphatic rings. The third-order valence-electron chi connectivity index (χ3n) is 4.79. The number of rotatable bonds is 7. The smallest absolute Gasteiger partial charge is 0.255 e. The molecule has 2 aromatic carbocycles. The largest absolute Gasteiger partial charge is 0.388 e. The van der Waals surface area contributed by atoms with Crippen LogP contribution in [0, 0.1) is 0 Å². The van der Waals surface area contributed by atoms with Gasteiger partial charge in [-0.25, -0.2) is 8.42 Å². The van der Waals surface area contributed by atoms with Gasteiger partial charge < -0.3 is 10.6 Å². The molecule has 1 amide bonds. The minimum atomic E-state index is -3.18. The van der Waals surface area contributed by atoms with E-state index in [9.17, 15) is 13.2 Å². The Hall–Kier alpha value is -3.19. The van der Waals surface area contributed by atoms with Crippen LogP contribution >= 0.6 is 0 Å². The van der Waals surface area contributed by atoms with Crippen molar-refractivity contribution in [2.24, 2.45) is 0 Å². The van der Waals surface area contributed by atoms with Crippen molar-refractivity contribution in [3.05, 3.63) is 78.0 Å². The molecular formula is C23H25N3O3S. The SMILES string of the molecule is CNc1ccc(NC(=O)c2ccc(CS(=O)(=O)C(C)C)cc2)cc1-c1ccccn1. The lowest BCUT2D eigenvalue weighted by atomic mass is 10.1. The van der Waals surface area contributed by atoms with E-state index < -0.39 is 15.1 Å². The van der Waals surface area contributed by atoms with E-state index in [0.29, 0.717) is 16.8 Å². The number of carbonyl (C=O) groups excluding carboxylic acids is 1. The number of carbonyl (C=O) groups is 1. The summed E-state index contributed by atoms with van der Waals surface area (Å²) in [5.41, 5.74) is 4.35. The predicted octanol–water partition coefficient (Wildman–Crippen LogP) is 4.37. The highest BCUT2D eigenvalue weighted by molar-refractivity contribution is 7.91. The third-order valence-corrected chi connectivity index (χ3v) is 6.96. The second kappa shape index (κ2) is 9.09. The number of hydrogen-bond acceptors (Lipinski definition) is 5. The van der Waals surface area contributed by atoms with E-state index in [1.807, 2.05) is 43.4 Å². The summed E-state index contributed by atoms with van der Waals surface area (Å²) in [5, 5.41) is 5.59. The van der Waals surface area contributed by atoms with E-state index in [-0.39, 0.29) is 11.7 Å². The zero-order chi connectivity index (χ0) is 21.7. The number of amides is 1. The zero-order valence-electron chi connectivity index (χ0n) is 17.2. The van der Waals surface area contributed by atoms with Gasteiger partial charge in [-0.15, -0.1) is 0 Å². The van der Waals surface area contributed by atoms with Crippen molar-refractivity contribution >= 4 is 27.1 Å². The second-order valence-corrected chi connectivity index (χ2v) is 9.79. The van der Waals surface area contributed by atoms with Crippen molar-refractivity contribution in [2.75, 3.05) is 17.7 Å². The Morgan fingerprint density at radius 2 is 1.77 bits per heavy atom. The van der Waals surface area contributed by atoms with Crippen LogP contribution in [-0.2, 0) is 15.6 Å². The van der Waals surface area contributed by atoms with Crippen LogP contribution in [0.3, 0.4) is 0 Å². The first-order chi connectivity index (χ1) is 14.3.